The Kier molecular flexibility index (Phi) is 7.94. The van der Waals surface area contributed by atoms with Crippen LogP contribution in [-0.2, 0) is 4.74 Å². The molecule has 146 valence electrons. The van der Waals surface area contributed by atoms with E-state index in [0.717, 1.165) is 58.2 Å². The van der Waals surface area contributed by atoms with Gasteiger partial charge in [-0.15, -0.1) is 24.0 Å². The minimum atomic E-state index is -0.171. The van der Waals surface area contributed by atoms with Gasteiger partial charge in [-0.05, 0) is 31.4 Å². The van der Waals surface area contributed by atoms with E-state index in [0.29, 0.717) is 11.1 Å². The molecule has 0 bridgehead atoms. The number of likely N-dealkylation sites (tertiary alicyclic amines) is 1. The lowest BCUT2D eigenvalue weighted by atomic mass is 9.87. The Hall–Kier alpha value is -1.09. The van der Waals surface area contributed by atoms with E-state index < -0.39 is 0 Å². The normalized spacial score (nSPS) is 22.6. The molecule has 0 aromatic heterocycles. The van der Waals surface area contributed by atoms with Gasteiger partial charge in [-0.2, -0.15) is 0 Å². The number of rotatable bonds is 5. The molecule has 1 N–H and O–H groups in total. The third-order valence-electron chi connectivity index (χ3n) is 5.35. The summed E-state index contributed by atoms with van der Waals surface area (Å²) in [4.78, 5) is 8.73. The molecule has 1 spiro atoms. The fourth-order valence-electron chi connectivity index (χ4n) is 3.82. The first kappa shape index (κ1) is 21.2. The molecule has 1 aromatic carbocycles. The molecule has 1 atom stereocenters. The second kappa shape index (κ2) is 9.73. The summed E-state index contributed by atoms with van der Waals surface area (Å²) in [5.74, 6) is 0.798. The lowest BCUT2D eigenvalue weighted by molar-refractivity contribution is 0.156. The summed E-state index contributed by atoms with van der Waals surface area (Å²) >= 11 is 0. The standard InChI is InChI=1S/C19H29FN4O.HI/c1-21-18(24-12-8-19(14-24)9-13-25-15-19)22-10-5-11-23(2)17-7-4-3-6-16(17)20;/h3-4,6-7H,5,8-15H2,1-2H3,(H,21,22);1H. The van der Waals surface area contributed by atoms with Gasteiger partial charge in [0, 0.05) is 52.3 Å². The molecule has 2 aliphatic rings. The van der Waals surface area contributed by atoms with Crippen molar-refractivity contribution in [3.05, 3.63) is 30.1 Å². The van der Waals surface area contributed by atoms with Gasteiger partial charge in [0.05, 0.1) is 12.3 Å². The first-order chi connectivity index (χ1) is 12.1. The van der Waals surface area contributed by atoms with Crippen molar-refractivity contribution in [3.63, 3.8) is 0 Å². The molecule has 7 heteroatoms. The van der Waals surface area contributed by atoms with Crippen molar-refractivity contribution >= 4 is 35.6 Å². The van der Waals surface area contributed by atoms with Crippen molar-refractivity contribution < 1.29 is 9.13 Å². The van der Waals surface area contributed by atoms with E-state index in [2.05, 4.69) is 15.2 Å². The predicted molar refractivity (Wildman–Crippen MR) is 115 cm³/mol. The highest BCUT2D eigenvalue weighted by atomic mass is 127. The molecule has 5 nitrogen and oxygen atoms in total. The van der Waals surface area contributed by atoms with E-state index in [-0.39, 0.29) is 29.8 Å². The number of nitrogens with zero attached hydrogens (tertiary/aromatic N) is 3. The van der Waals surface area contributed by atoms with Crippen molar-refractivity contribution in [1.82, 2.24) is 10.2 Å². The van der Waals surface area contributed by atoms with Gasteiger partial charge in [-0.1, -0.05) is 12.1 Å². The molecular weight excluding hydrogens is 446 g/mol. The van der Waals surface area contributed by atoms with Gasteiger partial charge in [0.2, 0.25) is 0 Å². The number of hydrogen-bond donors (Lipinski definition) is 1. The molecule has 2 fully saturated rings. The Balaban J connectivity index is 0.00000243. The number of anilines is 1. The molecule has 0 aliphatic carbocycles. The SMILES string of the molecule is CN=C(NCCCN(C)c1ccccc1F)N1CCC2(CCOC2)C1.I. The van der Waals surface area contributed by atoms with Gasteiger partial charge < -0.3 is 19.9 Å². The Morgan fingerprint density at radius 2 is 2.19 bits per heavy atom. The summed E-state index contributed by atoms with van der Waals surface area (Å²) in [6, 6.07) is 6.90. The van der Waals surface area contributed by atoms with Crippen LogP contribution < -0.4 is 10.2 Å². The van der Waals surface area contributed by atoms with Crippen molar-refractivity contribution in [2.45, 2.75) is 19.3 Å². The molecule has 0 radical (unpaired) electrons. The van der Waals surface area contributed by atoms with Gasteiger partial charge in [0.15, 0.2) is 5.96 Å². The summed E-state index contributed by atoms with van der Waals surface area (Å²) in [6.07, 6.45) is 3.27. The molecule has 0 amide bonds. The van der Waals surface area contributed by atoms with Crippen LogP contribution in [0, 0.1) is 11.2 Å². The number of aliphatic imine (C=N–C) groups is 1. The number of nitrogens with one attached hydrogen (secondary N) is 1. The van der Waals surface area contributed by atoms with Crippen molar-refractivity contribution in [2.24, 2.45) is 10.4 Å². The minimum Gasteiger partial charge on any atom is -0.381 e. The van der Waals surface area contributed by atoms with Crippen LogP contribution in [0.4, 0.5) is 10.1 Å². The highest BCUT2D eigenvalue weighted by Crippen LogP contribution is 2.38. The number of para-hydroxylation sites is 1. The fourth-order valence-corrected chi connectivity index (χ4v) is 3.82. The highest BCUT2D eigenvalue weighted by Gasteiger charge is 2.42. The first-order valence-electron chi connectivity index (χ1n) is 9.13. The Morgan fingerprint density at radius 3 is 2.88 bits per heavy atom. The third kappa shape index (κ3) is 5.00. The molecule has 2 aliphatic heterocycles. The summed E-state index contributed by atoms with van der Waals surface area (Å²) in [5.41, 5.74) is 0.984. The highest BCUT2D eigenvalue weighted by molar-refractivity contribution is 14.0. The maximum atomic E-state index is 13.8. The monoisotopic (exact) mass is 476 g/mol. The summed E-state index contributed by atoms with van der Waals surface area (Å²) in [6.45, 7) is 5.46. The quantitative estimate of drug-likeness (QED) is 0.307. The number of hydrogen-bond acceptors (Lipinski definition) is 3. The number of halogens is 2. The van der Waals surface area contributed by atoms with E-state index in [4.69, 9.17) is 4.74 Å². The summed E-state index contributed by atoms with van der Waals surface area (Å²) < 4.78 is 19.4. The van der Waals surface area contributed by atoms with Crippen LogP contribution in [0.1, 0.15) is 19.3 Å². The molecule has 1 aromatic rings. The zero-order valence-corrected chi connectivity index (χ0v) is 18.0. The van der Waals surface area contributed by atoms with Gasteiger partial charge in [0.1, 0.15) is 5.82 Å². The number of guanidine groups is 1. The van der Waals surface area contributed by atoms with E-state index in [1.165, 1.54) is 12.5 Å². The zero-order valence-electron chi connectivity index (χ0n) is 15.7. The Bertz CT molecular complexity index is 607. The molecular formula is C19H30FIN4O. The van der Waals surface area contributed by atoms with Crippen LogP contribution in [0.2, 0.25) is 0 Å². The van der Waals surface area contributed by atoms with Gasteiger partial charge in [-0.3, -0.25) is 4.99 Å². The second-order valence-corrected chi connectivity index (χ2v) is 7.17. The largest absolute Gasteiger partial charge is 0.381 e. The van der Waals surface area contributed by atoms with Crippen molar-refractivity contribution in [2.75, 3.05) is 58.4 Å². The van der Waals surface area contributed by atoms with E-state index in [1.807, 2.05) is 31.1 Å². The predicted octanol–water partition coefficient (Wildman–Crippen LogP) is 2.96. The molecule has 0 saturated carbocycles. The second-order valence-electron chi connectivity index (χ2n) is 7.17. The zero-order chi connectivity index (χ0) is 17.7. The maximum Gasteiger partial charge on any atom is 0.193 e. The minimum absolute atomic E-state index is 0. The van der Waals surface area contributed by atoms with Gasteiger partial charge >= 0.3 is 0 Å². The van der Waals surface area contributed by atoms with E-state index in [9.17, 15) is 4.39 Å². The van der Waals surface area contributed by atoms with Gasteiger partial charge in [-0.25, -0.2) is 4.39 Å². The van der Waals surface area contributed by atoms with Crippen LogP contribution in [-0.4, -0.2) is 64.3 Å². The van der Waals surface area contributed by atoms with Crippen LogP contribution in [0.15, 0.2) is 29.3 Å². The van der Waals surface area contributed by atoms with E-state index in [1.54, 1.807) is 6.07 Å². The van der Waals surface area contributed by atoms with Crippen LogP contribution >= 0.6 is 24.0 Å². The van der Waals surface area contributed by atoms with Crippen molar-refractivity contribution in [1.29, 1.82) is 0 Å². The van der Waals surface area contributed by atoms with Crippen LogP contribution in [0.5, 0.6) is 0 Å². The topological polar surface area (TPSA) is 40.1 Å². The lowest BCUT2D eigenvalue weighted by Crippen LogP contribution is -2.42. The maximum absolute atomic E-state index is 13.8. The Labute approximate surface area is 173 Å². The smallest absolute Gasteiger partial charge is 0.193 e. The molecule has 2 saturated heterocycles. The third-order valence-corrected chi connectivity index (χ3v) is 5.35. The van der Waals surface area contributed by atoms with E-state index >= 15 is 0 Å². The molecule has 1 unspecified atom stereocenters. The number of benzene rings is 1. The van der Waals surface area contributed by atoms with Crippen molar-refractivity contribution in [3.8, 4) is 0 Å². The molecule has 26 heavy (non-hydrogen) atoms. The molecule has 3 rings (SSSR count). The van der Waals surface area contributed by atoms with Gasteiger partial charge in [0.25, 0.3) is 0 Å². The van der Waals surface area contributed by atoms with Crippen LogP contribution in [0.3, 0.4) is 0 Å². The summed E-state index contributed by atoms with van der Waals surface area (Å²) in [5, 5.41) is 3.45. The average Bonchev–Trinajstić information content (AvgIpc) is 3.25. The fraction of sp³-hybridized carbons (Fsp3) is 0.632. The Morgan fingerprint density at radius 1 is 1.38 bits per heavy atom. The first-order valence-corrected chi connectivity index (χ1v) is 9.13. The van der Waals surface area contributed by atoms with Crippen LogP contribution in [0.25, 0.3) is 0 Å². The number of ether oxygens (including phenoxy) is 1. The molecule has 2 heterocycles. The lowest BCUT2D eigenvalue weighted by Gasteiger charge is -2.25. The summed E-state index contributed by atoms with van der Waals surface area (Å²) in [7, 11) is 3.77. The average molecular weight is 476 g/mol.